The van der Waals surface area contributed by atoms with Crippen LogP contribution in [0.4, 0.5) is 0 Å². The van der Waals surface area contributed by atoms with Gasteiger partial charge in [-0.25, -0.2) is 0 Å². The second-order valence-corrected chi connectivity index (χ2v) is 4.48. The Morgan fingerprint density at radius 2 is 2.54 bits per heavy atom. The topological polar surface area (TPSA) is 59.2 Å². The Kier molecular flexibility index (Phi) is 2.55. The highest BCUT2D eigenvalue weighted by Crippen LogP contribution is 2.38. The van der Waals surface area contributed by atoms with Crippen LogP contribution in [0.1, 0.15) is 42.8 Å². The van der Waals surface area contributed by atoms with Gasteiger partial charge in [-0.2, -0.15) is 16.7 Å². The SMILES string of the molecule is CC(O)c1nc(C2CCCS2)no1. The van der Waals surface area contributed by atoms with E-state index >= 15 is 0 Å². The number of nitrogens with zero attached hydrogens (tertiary/aromatic N) is 2. The van der Waals surface area contributed by atoms with E-state index in [2.05, 4.69) is 10.1 Å². The number of aliphatic hydroxyl groups excluding tert-OH is 1. The zero-order valence-electron chi connectivity index (χ0n) is 7.43. The molecule has 1 saturated heterocycles. The summed E-state index contributed by atoms with van der Waals surface area (Å²) in [5, 5.41) is 13.4. The van der Waals surface area contributed by atoms with Crippen LogP contribution >= 0.6 is 11.8 Å². The number of aliphatic hydroxyl groups is 1. The highest BCUT2D eigenvalue weighted by atomic mass is 32.2. The Balaban J connectivity index is 2.12. The molecule has 0 aromatic carbocycles. The van der Waals surface area contributed by atoms with Gasteiger partial charge in [-0.15, -0.1) is 0 Å². The van der Waals surface area contributed by atoms with Crippen molar-refractivity contribution >= 4 is 11.8 Å². The molecule has 72 valence electrons. The van der Waals surface area contributed by atoms with Crippen LogP contribution in [0.3, 0.4) is 0 Å². The van der Waals surface area contributed by atoms with Crippen LogP contribution in [-0.2, 0) is 0 Å². The van der Waals surface area contributed by atoms with Crippen molar-refractivity contribution in [2.75, 3.05) is 5.75 Å². The third kappa shape index (κ3) is 1.86. The predicted octanol–water partition coefficient (Wildman–Crippen LogP) is 1.69. The molecule has 0 bridgehead atoms. The molecule has 1 aromatic rings. The molecule has 1 aliphatic heterocycles. The standard InChI is InChI=1S/C8H12N2O2S/c1-5(11)8-9-7(10-12-8)6-3-2-4-13-6/h5-6,11H,2-4H2,1H3. The molecule has 0 amide bonds. The molecule has 0 radical (unpaired) electrons. The minimum Gasteiger partial charge on any atom is -0.384 e. The maximum absolute atomic E-state index is 9.18. The van der Waals surface area contributed by atoms with Gasteiger partial charge in [-0.3, -0.25) is 0 Å². The molecule has 2 heterocycles. The Morgan fingerprint density at radius 1 is 1.69 bits per heavy atom. The second-order valence-electron chi connectivity index (χ2n) is 3.17. The quantitative estimate of drug-likeness (QED) is 0.787. The molecule has 0 saturated carbocycles. The molecule has 5 heteroatoms. The normalized spacial score (nSPS) is 24.9. The lowest BCUT2D eigenvalue weighted by Crippen LogP contribution is -1.94. The second kappa shape index (κ2) is 3.67. The number of hydrogen-bond donors (Lipinski definition) is 1. The molecule has 0 aliphatic carbocycles. The summed E-state index contributed by atoms with van der Waals surface area (Å²) in [6.45, 7) is 1.62. The van der Waals surface area contributed by atoms with Crippen LogP contribution in [0, 0.1) is 0 Å². The zero-order chi connectivity index (χ0) is 9.26. The smallest absolute Gasteiger partial charge is 0.255 e. The lowest BCUT2D eigenvalue weighted by molar-refractivity contribution is 0.151. The fourth-order valence-corrected chi connectivity index (χ4v) is 2.53. The molecule has 1 aliphatic rings. The summed E-state index contributed by atoms with van der Waals surface area (Å²) in [7, 11) is 0. The van der Waals surface area contributed by atoms with Crippen LogP contribution < -0.4 is 0 Å². The molecule has 1 N–H and O–H groups in total. The monoisotopic (exact) mass is 200 g/mol. The van der Waals surface area contributed by atoms with Gasteiger partial charge in [0.2, 0.25) is 0 Å². The summed E-state index contributed by atoms with van der Waals surface area (Å²) in [5.74, 6) is 2.23. The van der Waals surface area contributed by atoms with Crippen LogP contribution in [0.25, 0.3) is 0 Å². The molecule has 2 rings (SSSR count). The molecule has 1 fully saturated rings. The molecule has 2 atom stereocenters. The van der Waals surface area contributed by atoms with E-state index in [0.717, 1.165) is 12.2 Å². The minimum absolute atomic E-state index is 0.322. The number of aromatic nitrogens is 2. The average Bonchev–Trinajstić information content (AvgIpc) is 2.75. The molecule has 13 heavy (non-hydrogen) atoms. The molecular weight excluding hydrogens is 188 g/mol. The van der Waals surface area contributed by atoms with Crippen molar-refractivity contribution in [3.05, 3.63) is 11.7 Å². The highest BCUT2D eigenvalue weighted by molar-refractivity contribution is 7.99. The van der Waals surface area contributed by atoms with E-state index in [4.69, 9.17) is 4.52 Å². The van der Waals surface area contributed by atoms with Gasteiger partial charge in [-0.05, 0) is 25.5 Å². The van der Waals surface area contributed by atoms with Gasteiger partial charge >= 0.3 is 0 Å². The predicted molar refractivity (Wildman–Crippen MR) is 49.4 cm³/mol. The Morgan fingerprint density at radius 3 is 3.08 bits per heavy atom. The molecular formula is C8H12N2O2S. The number of rotatable bonds is 2. The van der Waals surface area contributed by atoms with Crippen molar-refractivity contribution in [3.8, 4) is 0 Å². The van der Waals surface area contributed by atoms with E-state index in [0.29, 0.717) is 11.1 Å². The van der Waals surface area contributed by atoms with E-state index in [9.17, 15) is 5.11 Å². The minimum atomic E-state index is -0.660. The molecule has 0 spiro atoms. The number of thioether (sulfide) groups is 1. The van der Waals surface area contributed by atoms with Gasteiger partial charge in [0.05, 0.1) is 5.25 Å². The van der Waals surface area contributed by atoms with Gasteiger partial charge < -0.3 is 9.63 Å². The van der Waals surface area contributed by atoms with Crippen LogP contribution in [0.2, 0.25) is 0 Å². The average molecular weight is 200 g/mol. The van der Waals surface area contributed by atoms with Crippen molar-refractivity contribution in [1.82, 2.24) is 10.1 Å². The zero-order valence-corrected chi connectivity index (χ0v) is 8.25. The lowest BCUT2D eigenvalue weighted by atomic mass is 10.2. The van der Waals surface area contributed by atoms with E-state index in [-0.39, 0.29) is 0 Å². The maximum atomic E-state index is 9.18. The number of hydrogen-bond acceptors (Lipinski definition) is 5. The Bertz CT molecular complexity index is 281. The van der Waals surface area contributed by atoms with Gasteiger partial charge in [0.15, 0.2) is 5.82 Å². The van der Waals surface area contributed by atoms with Crippen molar-refractivity contribution in [1.29, 1.82) is 0 Å². The van der Waals surface area contributed by atoms with Gasteiger partial charge in [0.1, 0.15) is 6.10 Å². The Hall–Kier alpha value is -0.550. The van der Waals surface area contributed by atoms with Gasteiger partial charge in [0, 0.05) is 0 Å². The van der Waals surface area contributed by atoms with Gasteiger partial charge in [0.25, 0.3) is 5.89 Å². The molecule has 2 unspecified atom stereocenters. The first-order chi connectivity index (χ1) is 6.27. The third-order valence-corrected chi connectivity index (χ3v) is 3.41. The lowest BCUT2D eigenvalue weighted by Gasteiger charge is -1.99. The fourth-order valence-electron chi connectivity index (χ4n) is 1.33. The van der Waals surface area contributed by atoms with E-state index in [1.54, 1.807) is 6.92 Å². The summed E-state index contributed by atoms with van der Waals surface area (Å²) in [4.78, 5) is 4.14. The summed E-state index contributed by atoms with van der Waals surface area (Å²) < 4.78 is 4.91. The van der Waals surface area contributed by atoms with Crippen molar-refractivity contribution in [2.24, 2.45) is 0 Å². The summed E-state index contributed by atoms with van der Waals surface area (Å²) in [6.07, 6.45) is 1.67. The van der Waals surface area contributed by atoms with E-state index in [1.165, 1.54) is 12.2 Å². The van der Waals surface area contributed by atoms with Crippen molar-refractivity contribution in [3.63, 3.8) is 0 Å². The van der Waals surface area contributed by atoms with Crippen LogP contribution in [0.5, 0.6) is 0 Å². The first kappa shape index (κ1) is 9.02. The van der Waals surface area contributed by atoms with Crippen LogP contribution in [-0.4, -0.2) is 21.0 Å². The first-order valence-electron chi connectivity index (χ1n) is 4.40. The summed E-state index contributed by atoms with van der Waals surface area (Å²) in [6, 6.07) is 0. The fraction of sp³-hybridized carbons (Fsp3) is 0.750. The highest BCUT2D eigenvalue weighted by Gasteiger charge is 2.23. The maximum Gasteiger partial charge on any atom is 0.255 e. The molecule has 1 aromatic heterocycles. The summed E-state index contributed by atoms with van der Waals surface area (Å²) >= 11 is 1.85. The van der Waals surface area contributed by atoms with Crippen LogP contribution in [0.15, 0.2) is 4.52 Å². The largest absolute Gasteiger partial charge is 0.384 e. The first-order valence-corrected chi connectivity index (χ1v) is 5.45. The van der Waals surface area contributed by atoms with Crippen molar-refractivity contribution < 1.29 is 9.63 Å². The molecule has 4 nitrogen and oxygen atoms in total. The Labute approximate surface area is 80.7 Å². The van der Waals surface area contributed by atoms with Crippen molar-refractivity contribution in [2.45, 2.75) is 31.1 Å². The van der Waals surface area contributed by atoms with E-state index < -0.39 is 6.10 Å². The van der Waals surface area contributed by atoms with E-state index in [1.807, 2.05) is 11.8 Å². The third-order valence-electron chi connectivity index (χ3n) is 2.03. The van der Waals surface area contributed by atoms with Gasteiger partial charge in [-0.1, -0.05) is 5.16 Å². The summed E-state index contributed by atoms with van der Waals surface area (Å²) in [5.41, 5.74) is 0.